The lowest BCUT2D eigenvalue weighted by Gasteiger charge is -2.35. The zero-order valence-corrected chi connectivity index (χ0v) is 16.3. The Kier molecular flexibility index (Phi) is 6.00. The molecule has 0 saturated carbocycles. The van der Waals surface area contributed by atoms with Gasteiger partial charge in [-0.25, -0.2) is 0 Å². The highest BCUT2D eigenvalue weighted by Gasteiger charge is 2.21. The van der Waals surface area contributed by atoms with Gasteiger partial charge in [-0.15, -0.1) is 0 Å². The SMILES string of the molecule is Cc1ccccc1OC[C@@H](O)CN1CCN(Cc2ccc3c(c2)OCO3)CC1. The number of para-hydroxylation sites is 1. The Balaban J connectivity index is 1.19. The topological polar surface area (TPSA) is 54.4 Å². The van der Waals surface area contributed by atoms with E-state index in [-0.39, 0.29) is 0 Å². The van der Waals surface area contributed by atoms with Gasteiger partial charge in [0.2, 0.25) is 6.79 Å². The minimum Gasteiger partial charge on any atom is -0.491 e. The first-order chi connectivity index (χ1) is 13.7. The zero-order valence-electron chi connectivity index (χ0n) is 16.3. The second kappa shape index (κ2) is 8.82. The van der Waals surface area contributed by atoms with Gasteiger partial charge in [0.05, 0.1) is 0 Å². The van der Waals surface area contributed by atoms with Crippen LogP contribution in [0.2, 0.25) is 0 Å². The van der Waals surface area contributed by atoms with Crippen molar-refractivity contribution >= 4 is 0 Å². The number of aliphatic hydroxyl groups is 1. The second-order valence-electron chi connectivity index (χ2n) is 7.49. The van der Waals surface area contributed by atoms with Crippen molar-refractivity contribution in [1.82, 2.24) is 9.80 Å². The van der Waals surface area contributed by atoms with Crippen LogP contribution in [0, 0.1) is 6.92 Å². The molecule has 0 radical (unpaired) electrons. The van der Waals surface area contributed by atoms with Crippen molar-refractivity contribution in [3.8, 4) is 17.2 Å². The Morgan fingerprint density at radius 1 is 1.00 bits per heavy atom. The molecule has 1 saturated heterocycles. The first-order valence-electron chi connectivity index (χ1n) is 9.87. The highest BCUT2D eigenvalue weighted by atomic mass is 16.7. The lowest BCUT2D eigenvalue weighted by atomic mass is 10.1. The smallest absolute Gasteiger partial charge is 0.231 e. The Labute approximate surface area is 166 Å². The molecule has 4 rings (SSSR count). The summed E-state index contributed by atoms with van der Waals surface area (Å²) in [7, 11) is 0. The van der Waals surface area contributed by atoms with Crippen molar-refractivity contribution in [1.29, 1.82) is 0 Å². The van der Waals surface area contributed by atoms with Crippen molar-refractivity contribution in [2.75, 3.05) is 46.1 Å². The van der Waals surface area contributed by atoms with E-state index >= 15 is 0 Å². The molecule has 1 atom stereocenters. The maximum Gasteiger partial charge on any atom is 0.231 e. The summed E-state index contributed by atoms with van der Waals surface area (Å²) in [4.78, 5) is 4.74. The van der Waals surface area contributed by atoms with Crippen molar-refractivity contribution in [3.63, 3.8) is 0 Å². The summed E-state index contributed by atoms with van der Waals surface area (Å²) in [5.74, 6) is 2.51. The molecule has 1 fully saturated rings. The van der Waals surface area contributed by atoms with Crippen LogP contribution in [0.4, 0.5) is 0 Å². The molecule has 0 bridgehead atoms. The molecule has 0 unspecified atom stereocenters. The van der Waals surface area contributed by atoms with Crippen LogP contribution in [0.25, 0.3) is 0 Å². The molecule has 0 amide bonds. The average Bonchev–Trinajstić information content (AvgIpc) is 3.17. The lowest BCUT2D eigenvalue weighted by molar-refractivity contribution is 0.0445. The third-order valence-electron chi connectivity index (χ3n) is 5.30. The van der Waals surface area contributed by atoms with Crippen molar-refractivity contribution in [2.24, 2.45) is 0 Å². The highest BCUT2D eigenvalue weighted by Crippen LogP contribution is 2.32. The summed E-state index contributed by atoms with van der Waals surface area (Å²) < 4.78 is 16.6. The van der Waals surface area contributed by atoms with Crippen LogP contribution in [0.3, 0.4) is 0 Å². The van der Waals surface area contributed by atoms with Crippen LogP contribution in [-0.4, -0.2) is 67.1 Å². The van der Waals surface area contributed by atoms with E-state index in [2.05, 4.69) is 21.9 Å². The van der Waals surface area contributed by atoms with Crippen LogP contribution in [0.15, 0.2) is 42.5 Å². The summed E-state index contributed by atoms with van der Waals surface area (Å²) in [6.45, 7) is 8.07. The lowest BCUT2D eigenvalue weighted by Crippen LogP contribution is -2.48. The number of hydrogen-bond donors (Lipinski definition) is 1. The van der Waals surface area contributed by atoms with Crippen LogP contribution >= 0.6 is 0 Å². The van der Waals surface area contributed by atoms with E-state index in [9.17, 15) is 5.11 Å². The molecular weight excluding hydrogens is 356 g/mol. The molecule has 2 aliphatic heterocycles. The number of piperazine rings is 1. The minimum absolute atomic E-state index is 0.313. The number of aliphatic hydroxyl groups excluding tert-OH is 1. The number of nitrogens with zero attached hydrogens (tertiary/aromatic N) is 2. The number of benzene rings is 2. The molecule has 6 nitrogen and oxygen atoms in total. The Morgan fingerprint density at radius 2 is 1.75 bits per heavy atom. The van der Waals surface area contributed by atoms with E-state index < -0.39 is 6.10 Å². The number of aryl methyl sites for hydroxylation is 1. The molecular formula is C22H28N2O4. The van der Waals surface area contributed by atoms with Gasteiger partial charge < -0.3 is 19.3 Å². The van der Waals surface area contributed by atoms with Crippen LogP contribution in [0.1, 0.15) is 11.1 Å². The normalized spacial score (nSPS) is 18.2. The predicted octanol–water partition coefficient (Wildman–Crippen LogP) is 2.28. The largest absolute Gasteiger partial charge is 0.491 e. The number of β-amino-alcohol motifs (C(OH)–C–C–N with tert-alkyl or cyclic N) is 1. The molecule has 6 heteroatoms. The standard InChI is InChI=1S/C22H28N2O4/c1-17-4-2-3-5-20(17)26-15-19(25)14-24-10-8-23(9-11-24)13-18-6-7-21-22(12-18)28-16-27-21/h2-7,12,19,25H,8-11,13-16H2,1H3/t19-/m0/s1. The fourth-order valence-corrected chi connectivity index (χ4v) is 3.68. The molecule has 2 aromatic carbocycles. The summed E-state index contributed by atoms with van der Waals surface area (Å²) in [6.07, 6.45) is -0.486. The predicted molar refractivity (Wildman–Crippen MR) is 107 cm³/mol. The van der Waals surface area contributed by atoms with Crippen LogP contribution in [0.5, 0.6) is 17.2 Å². The van der Waals surface area contributed by atoms with Crippen molar-refractivity contribution in [2.45, 2.75) is 19.6 Å². The molecule has 2 heterocycles. The van der Waals surface area contributed by atoms with Crippen molar-refractivity contribution in [3.05, 3.63) is 53.6 Å². The Bertz CT molecular complexity index is 790. The van der Waals surface area contributed by atoms with E-state index in [0.717, 1.165) is 55.5 Å². The van der Waals surface area contributed by atoms with Gasteiger partial charge in [-0.3, -0.25) is 9.80 Å². The molecule has 2 aliphatic rings. The quantitative estimate of drug-likeness (QED) is 0.791. The summed E-state index contributed by atoms with van der Waals surface area (Å²) in [5, 5.41) is 10.3. The monoisotopic (exact) mass is 384 g/mol. The van der Waals surface area contributed by atoms with E-state index in [4.69, 9.17) is 14.2 Å². The van der Waals surface area contributed by atoms with Gasteiger partial charge in [0.1, 0.15) is 18.5 Å². The fourth-order valence-electron chi connectivity index (χ4n) is 3.68. The van der Waals surface area contributed by atoms with E-state index in [1.807, 2.05) is 37.3 Å². The summed E-state index contributed by atoms with van der Waals surface area (Å²) in [5.41, 5.74) is 2.33. The molecule has 0 aromatic heterocycles. The van der Waals surface area contributed by atoms with Gasteiger partial charge in [0.15, 0.2) is 11.5 Å². The molecule has 150 valence electrons. The van der Waals surface area contributed by atoms with Crippen LogP contribution < -0.4 is 14.2 Å². The maximum atomic E-state index is 10.3. The molecule has 0 aliphatic carbocycles. The molecule has 2 aromatic rings. The van der Waals surface area contributed by atoms with E-state index in [0.29, 0.717) is 19.9 Å². The van der Waals surface area contributed by atoms with Gasteiger partial charge in [-0.05, 0) is 36.2 Å². The third kappa shape index (κ3) is 4.76. The summed E-state index contributed by atoms with van der Waals surface area (Å²) >= 11 is 0. The van der Waals surface area contributed by atoms with Crippen molar-refractivity contribution < 1.29 is 19.3 Å². The van der Waals surface area contributed by atoms with Crippen LogP contribution in [-0.2, 0) is 6.54 Å². The van der Waals surface area contributed by atoms with E-state index in [1.165, 1.54) is 5.56 Å². The van der Waals surface area contributed by atoms with E-state index in [1.54, 1.807) is 0 Å². The summed E-state index contributed by atoms with van der Waals surface area (Å²) in [6, 6.07) is 14.1. The first kappa shape index (κ1) is 19.1. The Morgan fingerprint density at radius 3 is 2.57 bits per heavy atom. The number of fused-ring (bicyclic) bond motifs is 1. The fraction of sp³-hybridized carbons (Fsp3) is 0.455. The second-order valence-corrected chi connectivity index (χ2v) is 7.49. The van der Waals surface area contributed by atoms with Gasteiger partial charge >= 0.3 is 0 Å². The first-order valence-corrected chi connectivity index (χ1v) is 9.87. The average molecular weight is 384 g/mol. The maximum absolute atomic E-state index is 10.3. The molecule has 0 spiro atoms. The van der Waals surface area contributed by atoms with Gasteiger partial charge in [0, 0.05) is 39.3 Å². The Hall–Kier alpha value is -2.28. The number of ether oxygens (including phenoxy) is 3. The van der Waals surface area contributed by atoms with Gasteiger partial charge in [-0.2, -0.15) is 0 Å². The number of rotatable bonds is 7. The highest BCUT2D eigenvalue weighted by molar-refractivity contribution is 5.44. The molecule has 1 N–H and O–H groups in total. The molecule has 28 heavy (non-hydrogen) atoms. The third-order valence-corrected chi connectivity index (χ3v) is 5.30. The van der Waals surface area contributed by atoms with Gasteiger partial charge in [0.25, 0.3) is 0 Å². The minimum atomic E-state index is -0.486. The number of hydrogen-bond acceptors (Lipinski definition) is 6. The van der Waals surface area contributed by atoms with Gasteiger partial charge in [-0.1, -0.05) is 24.3 Å². The zero-order chi connectivity index (χ0) is 19.3.